The predicted octanol–water partition coefficient (Wildman–Crippen LogP) is 3.02. The normalized spacial score (nSPS) is 13.8. The Balaban J connectivity index is 1.80. The molecule has 0 spiro atoms. The van der Waals surface area contributed by atoms with E-state index in [2.05, 4.69) is 5.32 Å². The quantitative estimate of drug-likeness (QED) is 0.938. The number of nitrogens with one attached hydrogen (secondary N) is 1. The van der Waals surface area contributed by atoms with Crippen LogP contribution in [0.15, 0.2) is 48.5 Å². The van der Waals surface area contributed by atoms with E-state index in [0.717, 1.165) is 5.69 Å². The summed E-state index contributed by atoms with van der Waals surface area (Å²) in [6.45, 7) is 3.57. The van der Waals surface area contributed by atoms with Crippen LogP contribution in [0, 0.1) is 5.82 Å². The van der Waals surface area contributed by atoms with E-state index in [1.165, 1.54) is 12.1 Å². The van der Waals surface area contributed by atoms with Crippen LogP contribution in [-0.4, -0.2) is 31.6 Å². The van der Waals surface area contributed by atoms with Gasteiger partial charge in [-0.3, -0.25) is 9.69 Å². The third-order valence-corrected chi connectivity index (χ3v) is 3.98. The Morgan fingerprint density at radius 2 is 1.83 bits per heavy atom. The smallest absolute Gasteiger partial charge is 0.321 e. The van der Waals surface area contributed by atoms with E-state index in [4.69, 9.17) is 0 Å². The molecule has 1 fully saturated rings. The Kier molecular flexibility index (Phi) is 4.46. The van der Waals surface area contributed by atoms with E-state index in [0.29, 0.717) is 30.9 Å². The molecule has 1 N–H and O–H groups in total. The number of hydrogen-bond donors (Lipinski definition) is 1. The second kappa shape index (κ2) is 6.70. The monoisotopic (exact) mass is 327 g/mol. The second-order valence-corrected chi connectivity index (χ2v) is 5.46. The first-order chi connectivity index (χ1) is 11.6. The van der Waals surface area contributed by atoms with Crippen LogP contribution in [0.4, 0.5) is 20.6 Å². The van der Waals surface area contributed by atoms with Crippen molar-refractivity contribution in [2.45, 2.75) is 6.92 Å². The van der Waals surface area contributed by atoms with Crippen LogP contribution < -0.4 is 15.1 Å². The zero-order valence-electron chi connectivity index (χ0n) is 13.3. The number of hydrogen-bond acceptors (Lipinski definition) is 2. The standard InChI is InChI=1S/C18H18FN3O2/c1-2-21(15-9-5-14(19)6-10-15)17(23)13-3-7-16(8-4-13)22-12-11-20-18(22)24/h3-10H,2,11-12H2,1H3,(H,20,24). The number of carbonyl (C=O) groups is 2. The molecule has 0 saturated carbocycles. The maximum absolute atomic E-state index is 13.1. The van der Waals surface area contributed by atoms with E-state index in [-0.39, 0.29) is 17.8 Å². The molecule has 0 aliphatic carbocycles. The molecule has 0 atom stereocenters. The van der Waals surface area contributed by atoms with Gasteiger partial charge in [-0.05, 0) is 55.5 Å². The van der Waals surface area contributed by atoms with Gasteiger partial charge in [0.2, 0.25) is 0 Å². The number of rotatable bonds is 4. The van der Waals surface area contributed by atoms with Crippen LogP contribution in [0.2, 0.25) is 0 Å². The van der Waals surface area contributed by atoms with Gasteiger partial charge in [0.15, 0.2) is 0 Å². The highest BCUT2D eigenvalue weighted by molar-refractivity contribution is 6.06. The van der Waals surface area contributed by atoms with Gasteiger partial charge < -0.3 is 10.2 Å². The molecule has 2 aromatic rings. The molecule has 1 aliphatic rings. The SMILES string of the molecule is CCN(C(=O)c1ccc(N2CCNC2=O)cc1)c1ccc(F)cc1. The van der Waals surface area contributed by atoms with Crippen molar-refractivity contribution in [1.29, 1.82) is 0 Å². The van der Waals surface area contributed by atoms with Crippen molar-refractivity contribution in [3.8, 4) is 0 Å². The fourth-order valence-electron chi connectivity index (χ4n) is 2.72. The summed E-state index contributed by atoms with van der Waals surface area (Å²) in [5, 5.41) is 2.74. The van der Waals surface area contributed by atoms with Gasteiger partial charge >= 0.3 is 6.03 Å². The van der Waals surface area contributed by atoms with Gasteiger partial charge in [0.05, 0.1) is 0 Å². The molecule has 0 bridgehead atoms. The summed E-state index contributed by atoms with van der Waals surface area (Å²) in [4.78, 5) is 27.6. The first-order valence-electron chi connectivity index (χ1n) is 7.83. The van der Waals surface area contributed by atoms with Gasteiger partial charge in [0, 0.05) is 36.6 Å². The first-order valence-corrected chi connectivity index (χ1v) is 7.83. The van der Waals surface area contributed by atoms with Crippen molar-refractivity contribution in [2.75, 3.05) is 29.4 Å². The van der Waals surface area contributed by atoms with E-state index in [1.54, 1.807) is 46.2 Å². The highest BCUT2D eigenvalue weighted by atomic mass is 19.1. The molecule has 2 aromatic carbocycles. The Bertz CT molecular complexity index is 744. The topological polar surface area (TPSA) is 52.7 Å². The van der Waals surface area contributed by atoms with Crippen LogP contribution in [-0.2, 0) is 0 Å². The molecule has 3 amide bonds. The van der Waals surface area contributed by atoms with Gasteiger partial charge in [-0.25, -0.2) is 9.18 Å². The molecule has 6 heteroatoms. The first kappa shape index (κ1) is 16.0. The summed E-state index contributed by atoms with van der Waals surface area (Å²) in [7, 11) is 0. The van der Waals surface area contributed by atoms with E-state index >= 15 is 0 Å². The van der Waals surface area contributed by atoms with E-state index < -0.39 is 0 Å². The molecule has 3 rings (SSSR count). The summed E-state index contributed by atoms with van der Waals surface area (Å²) in [5.41, 5.74) is 1.92. The van der Waals surface area contributed by atoms with Crippen molar-refractivity contribution >= 4 is 23.3 Å². The average molecular weight is 327 g/mol. The lowest BCUT2D eigenvalue weighted by Crippen LogP contribution is -2.31. The number of anilines is 2. The second-order valence-electron chi connectivity index (χ2n) is 5.46. The Hall–Kier alpha value is -2.89. The molecular formula is C18H18FN3O2. The zero-order chi connectivity index (χ0) is 17.1. The molecule has 0 aromatic heterocycles. The zero-order valence-corrected chi connectivity index (χ0v) is 13.3. The highest BCUT2D eigenvalue weighted by Crippen LogP contribution is 2.21. The molecule has 1 saturated heterocycles. The van der Waals surface area contributed by atoms with Crippen LogP contribution in [0.3, 0.4) is 0 Å². The van der Waals surface area contributed by atoms with Gasteiger partial charge in [-0.1, -0.05) is 0 Å². The maximum atomic E-state index is 13.1. The summed E-state index contributed by atoms with van der Waals surface area (Å²) in [6, 6.07) is 12.6. The summed E-state index contributed by atoms with van der Waals surface area (Å²) in [5.74, 6) is -0.503. The lowest BCUT2D eigenvalue weighted by molar-refractivity contribution is 0.0988. The minimum atomic E-state index is -0.338. The Labute approximate surface area is 139 Å². The van der Waals surface area contributed by atoms with Gasteiger partial charge in [0.1, 0.15) is 5.82 Å². The third kappa shape index (κ3) is 3.08. The summed E-state index contributed by atoms with van der Waals surface area (Å²) in [6.07, 6.45) is 0. The van der Waals surface area contributed by atoms with E-state index in [9.17, 15) is 14.0 Å². The summed E-state index contributed by atoms with van der Waals surface area (Å²) < 4.78 is 13.1. The average Bonchev–Trinajstić information content (AvgIpc) is 3.03. The van der Waals surface area contributed by atoms with Crippen molar-refractivity contribution in [1.82, 2.24) is 5.32 Å². The van der Waals surface area contributed by atoms with Gasteiger partial charge in [-0.15, -0.1) is 0 Å². The third-order valence-electron chi connectivity index (χ3n) is 3.98. The van der Waals surface area contributed by atoms with Crippen LogP contribution in [0.1, 0.15) is 17.3 Å². The fraction of sp³-hybridized carbons (Fsp3) is 0.222. The minimum Gasteiger partial charge on any atom is -0.336 e. The Morgan fingerprint density at radius 3 is 2.38 bits per heavy atom. The van der Waals surface area contributed by atoms with Crippen molar-refractivity contribution in [2.24, 2.45) is 0 Å². The predicted molar refractivity (Wildman–Crippen MR) is 90.9 cm³/mol. The molecule has 1 aliphatic heterocycles. The fourth-order valence-corrected chi connectivity index (χ4v) is 2.72. The lowest BCUT2D eigenvalue weighted by Gasteiger charge is -2.21. The largest absolute Gasteiger partial charge is 0.336 e. The number of carbonyl (C=O) groups excluding carboxylic acids is 2. The van der Waals surface area contributed by atoms with E-state index in [1.807, 2.05) is 6.92 Å². The van der Waals surface area contributed by atoms with Gasteiger partial charge in [-0.2, -0.15) is 0 Å². The molecule has 0 unspecified atom stereocenters. The number of nitrogens with zero attached hydrogens (tertiary/aromatic N) is 2. The summed E-state index contributed by atoms with van der Waals surface area (Å²) >= 11 is 0. The van der Waals surface area contributed by atoms with Crippen molar-refractivity contribution in [3.05, 3.63) is 59.9 Å². The molecule has 1 heterocycles. The lowest BCUT2D eigenvalue weighted by atomic mass is 10.1. The van der Waals surface area contributed by atoms with Crippen molar-refractivity contribution < 1.29 is 14.0 Å². The molecule has 5 nitrogen and oxygen atoms in total. The van der Waals surface area contributed by atoms with Gasteiger partial charge in [0.25, 0.3) is 5.91 Å². The molecule has 124 valence electrons. The number of halogens is 1. The highest BCUT2D eigenvalue weighted by Gasteiger charge is 2.22. The molecule has 24 heavy (non-hydrogen) atoms. The molecule has 0 radical (unpaired) electrons. The Morgan fingerprint density at radius 1 is 1.17 bits per heavy atom. The maximum Gasteiger partial charge on any atom is 0.321 e. The van der Waals surface area contributed by atoms with Crippen LogP contribution in [0.25, 0.3) is 0 Å². The van der Waals surface area contributed by atoms with Crippen LogP contribution >= 0.6 is 0 Å². The number of urea groups is 1. The molecular weight excluding hydrogens is 309 g/mol. The van der Waals surface area contributed by atoms with Crippen molar-refractivity contribution in [3.63, 3.8) is 0 Å². The number of amides is 3. The number of benzene rings is 2. The minimum absolute atomic E-state index is 0.129. The van der Waals surface area contributed by atoms with Crippen LogP contribution in [0.5, 0.6) is 0 Å².